The quantitative estimate of drug-likeness (QED) is 0.0915. The molecule has 1 aliphatic rings. The van der Waals surface area contributed by atoms with Crippen LogP contribution >= 0.6 is 58.2 Å². The average Bonchev–Trinajstić information content (AvgIpc) is 2.99. The third-order valence-corrected chi connectivity index (χ3v) is 9.19. The molecule has 1 aliphatic carbocycles. The van der Waals surface area contributed by atoms with E-state index in [9.17, 15) is 29.1 Å². The Bertz CT molecular complexity index is 1900. The Hall–Kier alpha value is -3.86. The second kappa shape index (κ2) is 12.4. The minimum absolute atomic E-state index is 0.0722. The Morgan fingerprint density at radius 1 is 0.698 bits per heavy atom. The second-order valence-corrected chi connectivity index (χ2v) is 11.6. The highest BCUT2D eigenvalue weighted by Crippen LogP contribution is 2.42. The minimum atomic E-state index is -1.53. The van der Waals surface area contributed by atoms with Crippen molar-refractivity contribution in [1.29, 1.82) is 0 Å². The van der Waals surface area contributed by atoms with E-state index >= 15 is 0 Å². The van der Waals surface area contributed by atoms with Gasteiger partial charge in [0, 0.05) is 27.3 Å². The first-order valence-electron chi connectivity index (χ1n) is 12.2. The zero-order valence-corrected chi connectivity index (χ0v) is 25.3. The van der Waals surface area contributed by atoms with E-state index < -0.39 is 33.9 Å². The fraction of sp³-hybridized carbons (Fsp3) is 0.0333. The maximum Gasteiger partial charge on any atom is 0.338 e. The number of benzene rings is 4. The summed E-state index contributed by atoms with van der Waals surface area (Å²) in [5, 5.41) is 13.5. The summed E-state index contributed by atoms with van der Waals surface area (Å²) in [7, 11) is 0. The number of carboxylic acid groups (broad SMARTS) is 1. The molecule has 3 N–H and O–H groups in total. The van der Waals surface area contributed by atoms with Gasteiger partial charge in [0.2, 0.25) is 5.91 Å². The summed E-state index contributed by atoms with van der Waals surface area (Å²) >= 11 is 25.3. The van der Waals surface area contributed by atoms with E-state index in [1.165, 1.54) is 0 Å². The molecular weight excluding hydrogens is 658 g/mol. The minimum Gasteiger partial charge on any atom is -0.478 e. The van der Waals surface area contributed by atoms with Crippen LogP contribution < -0.4 is 10.6 Å². The molecule has 0 aliphatic heterocycles. The van der Waals surface area contributed by atoms with Crippen LogP contribution in [0.3, 0.4) is 0 Å². The van der Waals surface area contributed by atoms with Gasteiger partial charge >= 0.3 is 5.97 Å². The highest BCUT2D eigenvalue weighted by Gasteiger charge is 2.32. The van der Waals surface area contributed by atoms with Gasteiger partial charge in [0.25, 0.3) is 5.91 Å². The van der Waals surface area contributed by atoms with E-state index in [4.69, 9.17) is 46.4 Å². The molecule has 0 atom stereocenters. The molecular formula is C30H16Cl4N2O6S. The van der Waals surface area contributed by atoms with Crippen LogP contribution in [0.5, 0.6) is 0 Å². The molecule has 0 bridgehead atoms. The van der Waals surface area contributed by atoms with Crippen molar-refractivity contribution in [3.05, 3.63) is 120 Å². The lowest BCUT2D eigenvalue weighted by molar-refractivity contribution is -0.113. The molecule has 0 saturated heterocycles. The van der Waals surface area contributed by atoms with Crippen LogP contribution in [0.4, 0.5) is 11.4 Å². The molecule has 0 spiro atoms. The Morgan fingerprint density at radius 3 is 1.98 bits per heavy atom. The summed E-state index contributed by atoms with van der Waals surface area (Å²) < 4.78 is 0. The Balaban J connectivity index is 1.30. The standard InChI is InChI=1S/C30H16Cl4N2O6S/c31-23-21(22(30(41)42)24(32)26(34)25(23)33)29(40)35-13-5-3-6-14(11-13)43-12-19(37)36-18-10-4-9-17-20(18)28(39)16-8-2-1-7-15(16)27(17)38/h1-11H,12H2,(H,35,40)(H,36,37)(H,41,42). The van der Waals surface area contributed by atoms with Gasteiger partial charge in [-0.15, -0.1) is 11.8 Å². The van der Waals surface area contributed by atoms with Gasteiger partial charge in [0.1, 0.15) is 0 Å². The van der Waals surface area contributed by atoms with Crippen LogP contribution in [-0.4, -0.2) is 40.2 Å². The second-order valence-electron chi connectivity index (χ2n) is 9.06. The number of hydrogen-bond acceptors (Lipinski definition) is 6. The van der Waals surface area contributed by atoms with Crippen LogP contribution in [-0.2, 0) is 4.79 Å². The number of carboxylic acids is 1. The van der Waals surface area contributed by atoms with Crippen molar-refractivity contribution in [3.8, 4) is 0 Å². The van der Waals surface area contributed by atoms with Crippen LogP contribution in [0.2, 0.25) is 20.1 Å². The van der Waals surface area contributed by atoms with Crippen molar-refractivity contribution in [1.82, 2.24) is 0 Å². The van der Waals surface area contributed by atoms with Crippen molar-refractivity contribution in [2.75, 3.05) is 16.4 Å². The number of carbonyl (C=O) groups excluding carboxylic acids is 4. The number of thioether (sulfide) groups is 1. The van der Waals surface area contributed by atoms with Gasteiger partial charge in [-0.1, -0.05) is 88.9 Å². The molecule has 0 unspecified atom stereocenters. The van der Waals surface area contributed by atoms with E-state index in [1.807, 2.05) is 0 Å². The summed E-state index contributed by atoms with van der Waals surface area (Å²) in [6.45, 7) is 0. The first kappa shape index (κ1) is 30.6. The molecule has 0 radical (unpaired) electrons. The number of fused-ring (bicyclic) bond motifs is 2. The number of ketones is 2. The van der Waals surface area contributed by atoms with Gasteiger partial charge in [-0.3, -0.25) is 19.2 Å². The summed E-state index contributed by atoms with van der Waals surface area (Å²) in [6, 6.07) is 17.6. The first-order chi connectivity index (χ1) is 20.5. The SMILES string of the molecule is O=C(CSc1cccc(NC(=O)c2c(Cl)c(Cl)c(Cl)c(Cl)c2C(=O)O)c1)Nc1cccc2c1C(=O)c1ccccc1C2=O. The lowest BCUT2D eigenvalue weighted by atomic mass is 9.83. The first-order valence-corrected chi connectivity index (χ1v) is 14.7. The Labute approximate surface area is 268 Å². The molecule has 43 heavy (non-hydrogen) atoms. The zero-order valence-electron chi connectivity index (χ0n) is 21.5. The number of anilines is 2. The smallest absolute Gasteiger partial charge is 0.338 e. The van der Waals surface area contributed by atoms with Crippen LogP contribution in [0, 0.1) is 0 Å². The number of hydrogen-bond donors (Lipinski definition) is 3. The third-order valence-electron chi connectivity index (χ3n) is 6.40. The zero-order chi connectivity index (χ0) is 31.0. The van der Waals surface area contributed by atoms with Crippen molar-refractivity contribution in [2.24, 2.45) is 0 Å². The largest absolute Gasteiger partial charge is 0.478 e. The van der Waals surface area contributed by atoms with Crippen molar-refractivity contribution in [2.45, 2.75) is 4.90 Å². The number of carbonyl (C=O) groups is 5. The Kier molecular flexibility index (Phi) is 8.82. The predicted octanol–water partition coefficient (Wildman–Crippen LogP) is 7.76. The molecule has 13 heteroatoms. The van der Waals surface area contributed by atoms with E-state index in [2.05, 4.69) is 10.6 Å². The lowest BCUT2D eigenvalue weighted by Crippen LogP contribution is -2.24. The van der Waals surface area contributed by atoms with Crippen LogP contribution in [0.25, 0.3) is 0 Å². The van der Waals surface area contributed by atoms with Crippen molar-refractivity contribution < 1.29 is 29.1 Å². The van der Waals surface area contributed by atoms with Gasteiger partial charge in [0.05, 0.1) is 48.2 Å². The number of nitrogens with one attached hydrogen (secondary N) is 2. The number of rotatable bonds is 7. The lowest BCUT2D eigenvalue weighted by Gasteiger charge is -2.20. The van der Waals surface area contributed by atoms with E-state index in [0.717, 1.165) is 11.8 Å². The summed E-state index contributed by atoms with van der Waals surface area (Å²) in [5.41, 5.74) is 0.362. The molecule has 4 aromatic rings. The molecule has 5 rings (SSSR count). The number of halogens is 4. The van der Waals surface area contributed by atoms with Gasteiger partial charge in [0.15, 0.2) is 11.6 Å². The summed E-state index contributed by atoms with van der Waals surface area (Å²) in [5.74, 6) is -3.58. The molecule has 216 valence electrons. The molecule has 0 saturated carbocycles. The Morgan fingerprint density at radius 2 is 1.30 bits per heavy atom. The van der Waals surface area contributed by atoms with Gasteiger partial charge in [-0.2, -0.15) is 0 Å². The van der Waals surface area contributed by atoms with Gasteiger partial charge in [-0.25, -0.2) is 4.79 Å². The highest BCUT2D eigenvalue weighted by atomic mass is 35.5. The van der Waals surface area contributed by atoms with E-state index in [0.29, 0.717) is 10.5 Å². The molecule has 2 amide bonds. The van der Waals surface area contributed by atoms with Crippen LogP contribution in [0.15, 0.2) is 71.6 Å². The number of aromatic carboxylic acids is 1. The average molecular weight is 674 g/mol. The van der Waals surface area contributed by atoms with Crippen molar-refractivity contribution >= 4 is 98.9 Å². The predicted molar refractivity (Wildman–Crippen MR) is 167 cm³/mol. The number of amides is 2. The molecule has 8 nitrogen and oxygen atoms in total. The topological polar surface area (TPSA) is 130 Å². The monoisotopic (exact) mass is 672 g/mol. The van der Waals surface area contributed by atoms with Gasteiger partial charge in [-0.05, 0) is 24.3 Å². The van der Waals surface area contributed by atoms with E-state index in [-0.39, 0.29) is 60.5 Å². The third kappa shape index (κ3) is 5.87. The fourth-order valence-electron chi connectivity index (χ4n) is 4.49. The van der Waals surface area contributed by atoms with E-state index in [1.54, 1.807) is 66.7 Å². The fourth-order valence-corrected chi connectivity index (χ4v) is 6.26. The molecule has 0 aromatic heterocycles. The maximum absolute atomic E-state index is 13.2. The summed E-state index contributed by atoms with van der Waals surface area (Å²) in [6.07, 6.45) is 0. The molecule has 4 aromatic carbocycles. The van der Waals surface area contributed by atoms with Crippen LogP contribution in [0.1, 0.15) is 52.6 Å². The summed E-state index contributed by atoms with van der Waals surface area (Å²) in [4.78, 5) is 64.5. The normalized spacial score (nSPS) is 11.9. The molecule has 0 fully saturated rings. The maximum atomic E-state index is 13.2. The van der Waals surface area contributed by atoms with Crippen molar-refractivity contribution in [3.63, 3.8) is 0 Å². The molecule has 0 heterocycles. The highest BCUT2D eigenvalue weighted by molar-refractivity contribution is 8.00. The van der Waals surface area contributed by atoms with Gasteiger partial charge < -0.3 is 15.7 Å².